The van der Waals surface area contributed by atoms with Crippen molar-refractivity contribution in [3.63, 3.8) is 0 Å². The zero-order valence-electron chi connectivity index (χ0n) is 22.1. The number of carbonyl (C=O) groups is 4. The molecule has 4 bridgehead atoms. The van der Waals surface area contributed by atoms with E-state index in [4.69, 9.17) is 4.74 Å². The Morgan fingerprint density at radius 2 is 1.69 bits per heavy atom. The number of rotatable bonds is 2. The molecule has 4 atom stereocenters. The number of hydrogen-bond donors (Lipinski definition) is 5. The lowest BCUT2D eigenvalue weighted by atomic mass is 10.0. The van der Waals surface area contributed by atoms with Crippen LogP contribution in [0, 0.1) is 5.92 Å². The molecule has 11 nitrogen and oxygen atoms in total. The van der Waals surface area contributed by atoms with E-state index in [1.54, 1.807) is 38.1 Å². The third kappa shape index (κ3) is 6.66. The maximum atomic E-state index is 13.3. The average Bonchev–Trinajstić information content (AvgIpc) is 3.33. The largest absolute Gasteiger partial charge is 0.507 e. The van der Waals surface area contributed by atoms with Gasteiger partial charge in [-0.05, 0) is 55.2 Å². The van der Waals surface area contributed by atoms with Crippen molar-refractivity contribution < 1.29 is 34.1 Å². The van der Waals surface area contributed by atoms with Crippen LogP contribution >= 0.6 is 0 Å². The predicted octanol–water partition coefficient (Wildman–Crippen LogP) is 1.08. The zero-order valence-corrected chi connectivity index (χ0v) is 22.1. The molecule has 3 aliphatic rings. The van der Waals surface area contributed by atoms with Gasteiger partial charge in [-0.25, -0.2) is 0 Å². The van der Waals surface area contributed by atoms with Crippen molar-refractivity contribution in [2.24, 2.45) is 5.92 Å². The van der Waals surface area contributed by atoms with Crippen LogP contribution < -0.4 is 20.7 Å². The van der Waals surface area contributed by atoms with E-state index in [1.165, 1.54) is 30.0 Å². The minimum Gasteiger partial charge on any atom is -0.507 e. The molecule has 5 rings (SSSR count). The Morgan fingerprint density at radius 1 is 1.00 bits per heavy atom. The average molecular weight is 539 g/mol. The number of ether oxygens (including phenoxy) is 1. The van der Waals surface area contributed by atoms with Crippen molar-refractivity contribution in [1.29, 1.82) is 0 Å². The van der Waals surface area contributed by atoms with E-state index >= 15 is 0 Å². The lowest BCUT2D eigenvalue weighted by Crippen LogP contribution is -2.57. The predicted molar refractivity (Wildman–Crippen MR) is 141 cm³/mol. The van der Waals surface area contributed by atoms with Crippen LogP contribution in [0.5, 0.6) is 17.2 Å². The molecular formula is C28H34N4O7. The molecule has 0 saturated carbocycles. The molecule has 1 saturated heterocycles. The van der Waals surface area contributed by atoms with Crippen molar-refractivity contribution in [3.05, 3.63) is 53.6 Å². The van der Waals surface area contributed by atoms with Crippen LogP contribution in [-0.2, 0) is 20.8 Å². The smallest absolute Gasteiger partial charge is 0.255 e. The highest BCUT2D eigenvalue weighted by Gasteiger charge is 2.33. The number of phenols is 1. The van der Waals surface area contributed by atoms with Gasteiger partial charge in [0.05, 0.1) is 11.7 Å². The SMILES string of the molecule is CC(C)[C@@H]1NC(=O)c2cc(ccc2O)Oc2ccc(cc2)C[C@H](C(=O)N2CC[C@@H](O)C2)NC(=O)[C@H](C)NC1=O. The summed E-state index contributed by atoms with van der Waals surface area (Å²) in [5.74, 6) is -2.02. The van der Waals surface area contributed by atoms with Crippen molar-refractivity contribution in [2.45, 2.75) is 57.8 Å². The van der Waals surface area contributed by atoms with Gasteiger partial charge in [-0.3, -0.25) is 19.2 Å². The van der Waals surface area contributed by atoms with E-state index in [0.29, 0.717) is 24.5 Å². The van der Waals surface area contributed by atoms with Crippen LogP contribution in [0.3, 0.4) is 0 Å². The van der Waals surface area contributed by atoms with E-state index < -0.39 is 42.0 Å². The first-order valence-electron chi connectivity index (χ1n) is 13.0. The van der Waals surface area contributed by atoms with Gasteiger partial charge in [0, 0.05) is 19.5 Å². The maximum absolute atomic E-state index is 13.3. The first-order chi connectivity index (χ1) is 18.5. The van der Waals surface area contributed by atoms with Gasteiger partial charge in [0.2, 0.25) is 17.7 Å². The summed E-state index contributed by atoms with van der Waals surface area (Å²) in [4.78, 5) is 54.1. The first kappa shape index (κ1) is 27.9. The van der Waals surface area contributed by atoms with Crippen LogP contribution in [0.2, 0.25) is 0 Å². The molecule has 208 valence electrons. The summed E-state index contributed by atoms with van der Waals surface area (Å²) < 4.78 is 5.87. The molecule has 0 aromatic heterocycles. The number of β-amino-alcohol motifs (C(OH)–C–C–N with tert-alkyl or cyclic N) is 1. The Kier molecular flexibility index (Phi) is 8.39. The van der Waals surface area contributed by atoms with Crippen LogP contribution in [0.25, 0.3) is 0 Å². The molecule has 0 spiro atoms. The number of hydrogen-bond acceptors (Lipinski definition) is 7. The summed E-state index contributed by atoms with van der Waals surface area (Å²) >= 11 is 0. The Labute approximate surface area is 226 Å². The summed E-state index contributed by atoms with van der Waals surface area (Å²) in [6.45, 7) is 5.55. The summed E-state index contributed by atoms with van der Waals surface area (Å²) in [6.07, 6.45) is 0.0420. The summed E-state index contributed by atoms with van der Waals surface area (Å²) in [7, 11) is 0. The molecule has 2 aromatic carbocycles. The van der Waals surface area contributed by atoms with Crippen molar-refractivity contribution in [3.8, 4) is 17.2 Å². The fourth-order valence-electron chi connectivity index (χ4n) is 4.61. The highest BCUT2D eigenvalue weighted by Crippen LogP contribution is 2.28. The molecule has 0 radical (unpaired) electrons. The number of benzene rings is 2. The number of carbonyl (C=O) groups excluding carboxylic acids is 4. The second-order valence-corrected chi connectivity index (χ2v) is 10.3. The van der Waals surface area contributed by atoms with Gasteiger partial charge in [0.15, 0.2) is 0 Å². The standard InChI is InChI=1S/C28H34N4O7/c1-15(2)24-27(37)29-16(3)25(35)30-22(28(38)32-11-10-18(33)14-32)12-17-4-6-19(7-5-17)39-20-8-9-23(34)21(13-20)26(36)31-24/h4-9,13,15-16,18,22,24,33-34H,10-12,14H2,1-3H3,(H,29,37)(H,30,35)(H,31,36)/t16-,18+,22+,24-/m0/s1. The van der Waals surface area contributed by atoms with Crippen molar-refractivity contribution >= 4 is 23.6 Å². The minimum absolute atomic E-state index is 0.0668. The fraction of sp³-hybridized carbons (Fsp3) is 0.429. The maximum Gasteiger partial charge on any atom is 0.255 e. The van der Waals surface area contributed by atoms with Gasteiger partial charge in [0.1, 0.15) is 35.4 Å². The van der Waals surface area contributed by atoms with Gasteiger partial charge >= 0.3 is 0 Å². The molecule has 1 fully saturated rings. The quantitative estimate of drug-likeness (QED) is 0.358. The number of amides is 4. The zero-order chi connectivity index (χ0) is 28.3. The van der Waals surface area contributed by atoms with Gasteiger partial charge in [0.25, 0.3) is 5.91 Å². The topological polar surface area (TPSA) is 157 Å². The van der Waals surface area contributed by atoms with Gasteiger partial charge in [-0.2, -0.15) is 0 Å². The van der Waals surface area contributed by atoms with Crippen molar-refractivity contribution in [2.75, 3.05) is 13.1 Å². The minimum atomic E-state index is -1.01. The number of aliphatic hydroxyl groups excluding tert-OH is 1. The number of likely N-dealkylation sites (tertiary alicyclic amines) is 1. The Hall–Kier alpha value is -4.12. The van der Waals surface area contributed by atoms with Crippen LogP contribution in [-0.4, -0.2) is 76.1 Å². The lowest BCUT2D eigenvalue weighted by Gasteiger charge is -2.27. The van der Waals surface area contributed by atoms with E-state index in [2.05, 4.69) is 16.0 Å². The highest BCUT2D eigenvalue weighted by molar-refractivity contribution is 6.00. The van der Waals surface area contributed by atoms with E-state index in [9.17, 15) is 29.4 Å². The second kappa shape index (κ2) is 11.7. The number of nitrogens with zero attached hydrogens (tertiary/aromatic N) is 1. The number of aliphatic hydroxyl groups is 1. The van der Waals surface area contributed by atoms with Crippen LogP contribution in [0.1, 0.15) is 43.1 Å². The van der Waals surface area contributed by atoms with Gasteiger partial charge in [-0.15, -0.1) is 0 Å². The molecule has 0 aliphatic carbocycles. The second-order valence-electron chi connectivity index (χ2n) is 10.3. The Bertz CT molecular complexity index is 1250. The Morgan fingerprint density at radius 3 is 2.33 bits per heavy atom. The first-order valence-corrected chi connectivity index (χ1v) is 13.0. The lowest BCUT2D eigenvalue weighted by molar-refractivity contribution is -0.136. The molecule has 11 heteroatoms. The van der Waals surface area contributed by atoms with Crippen molar-refractivity contribution in [1.82, 2.24) is 20.9 Å². The number of nitrogens with one attached hydrogen (secondary N) is 3. The summed E-state index contributed by atoms with van der Waals surface area (Å²) in [6, 6.07) is 8.21. The third-order valence-electron chi connectivity index (χ3n) is 6.89. The molecule has 4 amide bonds. The molecule has 2 aromatic rings. The Balaban J connectivity index is 1.68. The number of fused-ring (bicyclic) bond motifs is 11. The molecular weight excluding hydrogens is 504 g/mol. The van der Waals surface area contributed by atoms with E-state index in [1.807, 2.05) is 0 Å². The molecule has 3 aliphatic heterocycles. The van der Waals surface area contributed by atoms with Gasteiger partial charge in [-0.1, -0.05) is 26.0 Å². The van der Waals surface area contributed by atoms with Gasteiger partial charge < -0.3 is 35.8 Å². The van der Waals surface area contributed by atoms with E-state index in [-0.39, 0.29) is 36.1 Å². The fourth-order valence-corrected chi connectivity index (χ4v) is 4.61. The normalized spacial score (nSPS) is 24.3. The van der Waals surface area contributed by atoms with E-state index in [0.717, 1.165) is 5.56 Å². The monoisotopic (exact) mass is 538 g/mol. The van der Waals surface area contributed by atoms with Crippen LogP contribution in [0.4, 0.5) is 0 Å². The summed E-state index contributed by atoms with van der Waals surface area (Å²) in [5.41, 5.74) is 0.687. The number of aromatic hydroxyl groups is 1. The third-order valence-corrected chi connectivity index (χ3v) is 6.89. The molecule has 3 heterocycles. The molecule has 5 N–H and O–H groups in total. The molecule has 0 unspecified atom stereocenters. The number of phenolic OH excluding ortho intramolecular Hbond substituents is 1. The molecule has 39 heavy (non-hydrogen) atoms. The van der Waals surface area contributed by atoms with Crippen LogP contribution in [0.15, 0.2) is 42.5 Å². The highest BCUT2D eigenvalue weighted by atomic mass is 16.5. The summed E-state index contributed by atoms with van der Waals surface area (Å²) in [5, 5.41) is 28.2.